The Kier molecular flexibility index (Phi) is 6.13. The fraction of sp³-hybridized carbons (Fsp3) is 0.0435. The van der Waals surface area contributed by atoms with Gasteiger partial charge in [-0.05, 0) is 59.7 Å². The van der Waals surface area contributed by atoms with Gasteiger partial charge in [0.05, 0.1) is 6.54 Å². The van der Waals surface area contributed by atoms with E-state index in [9.17, 15) is 9.59 Å². The fourth-order valence-corrected chi connectivity index (χ4v) is 4.09. The van der Waals surface area contributed by atoms with Gasteiger partial charge >= 0.3 is 6.03 Å². The number of carbonyl (C=O) groups is 2. The fourth-order valence-electron chi connectivity index (χ4n) is 2.95. The van der Waals surface area contributed by atoms with Crippen molar-refractivity contribution in [2.45, 2.75) is 16.3 Å². The van der Waals surface area contributed by atoms with Gasteiger partial charge in [-0.1, -0.05) is 65.3 Å². The summed E-state index contributed by atoms with van der Waals surface area (Å²) in [5.74, 6) is -0.375. The summed E-state index contributed by atoms with van der Waals surface area (Å²) in [6, 6.07) is 22.1. The lowest BCUT2D eigenvalue weighted by molar-refractivity contribution is -0.123. The molecule has 1 aliphatic heterocycles. The van der Waals surface area contributed by atoms with Crippen molar-refractivity contribution < 1.29 is 9.59 Å². The highest BCUT2D eigenvalue weighted by Gasteiger charge is 2.33. The quantitative estimate of drug-likeness (QED) is 0.366. The molecular formula is C23H16Cl2N2O2S. The minimum absolute atomic E-state index is 0.123. The molecule has 0 saturated carbocycles. The summed E-state index contributed by atoms with van der Waals surface area (Å²) in [5.41, 5.74) is 1.77. The normalized spacial score (nSPS) is 15.0. The van der Waals surface area contributed by atoms with Crippen LogP contribution in [0.15, 0.2) is 88.3 Å². The molecular weight excluding hydrogens is 439 g/mol. The summed E-state index contributed by atoms with van der Waals surface area (Å²) < 4.78 is 0. The molecule has 0 aliphatic carbocycles. The highest BCUT2D eigenvalue weighted by atomic mass is 35.5. The number of nitrogens with one attached hydrogen (secondary N) is 1. The van der Waals surface area contributed by atoms with Crippen LogP contribution in [0.1, 0.15) is 11.1 Å². The lowest BCUT2D eigenvalue weighted by Crippen LogP contribution is -2.30. The highest BCUT2D eigenvalue weighted by molar-refractivity contribution is 7.99. The number of amides is 3. The van der Waals surface area contributed by atoms with Crippen molar-refractivity contribution in [1.29, 1.82) is 0 Å². The van der Waals surface area contributed by atoms with Crippen molar-refractivity contribution in [3.05, 3.63) is 99.7 Å². The largest absolute Gasteiger partial charge is 0.329 e. The molecule has 4 nitrogen and oxygen atoms in total. The summed E-state index contributed by atoms with van der Waals surface area (Å²) in [6.07, 6.45) is 1.67. The van der Waals surface area contributed by atoms with Gasteiger partial charge in [0.25, 0.3) is 5.91 Å². The first-order valence-electron chi connectivity index (χ1n) is 9.11. The van der Waals surface area contributed by atoms with Crippen molar-refractivity contribution in [2.75, 3.05) is 0 Å². The van der Waals surface area contributed by atoms with Crippen molar-refractivity contribution in [3.8, 4) is 0 Å². The zero-order valence-electron chi connectivity index (χ0n) is 15.6. The molecule has 4 rings (SSSR count). The second kappa shape index (κ2) is 8.96. The average Bonchev–Trinajstić information content (AvgIpc) is 3.00. The zero-order chi connectivity index (χ0) is 21.1. The molecule has 0 spiro atoms. The van der Waals surface area contributed by atoms with Crippen molar-refractivity contribution in [2.24, 2.45) is 0 Å². The van der Waals surface area contributed by atoms with E-state index >= 15 is 0 Å². The number of imide groups is 1. The van der Waals surface area contributed by atoms with Gasteiger partial charge in [-0.15, -0.1) is 0 Å². The van der Waals surface area contributed by atoms with E-state index in [1.807, 2.05) is 54.6 Å². The molecule has 0 unspecified atom stereocenters. The van der Waals surface area contributed by atoms with E-state index in [1.165, 1.54) is 0 Å². The molecule has 1 fully saturated rings. The first-order valence-corrected chi connectivity index (χ1v) is 10.7. The van der Waals surface area contributed by atoms with Crippen LogP contribution in [0.5, 0.6) is 0 Å². The van der Waals surface area contributed by atoms with Gasteiger partial charge in [-0.2, -0.15) is 0 Å². The molecule has 150 valence electrons. The van der Waals surface area contributed by atoms with E-state index in [0.29, 0.717) is 15.6 Å². The third kappa shape index (κ3) is 4.70. The number of halogens is 2. The van der Waals surface area contributed by atoms with Crippen LogP contribution in [0.25, 0.3) is 6.08 Å². The number of nitrogens with zero attached hydrogens (tertiary/aromatic N) is 1. The second-order valence-corrected chi connectivity index (χ2v) is 8.59. The molecule has 1 saturated heterocycles. The Hall–Kier alpha value is -2.73. The van der Waals surface area contributed by atoms with Gasteiger partial charge in [-0.3, -0.25) is 9.69 Å². The van der Waals surface area contributed by atoms with Crippen LogP contribution in [0, 0.1) is 0 Å². The Morgan fingerprint density at radius 3 is 2.17 bits per heavy atom. The van der Waals surface area contributed by atoms with Crippen LogP contribution >= 0.6 is 35.0 Å². The number of hydrogen-bond donors (Lipinski definition) is 1. The first kappa shape index (κ1) is 20.5. The maximum absolute atomic E-state index is 12.7. The van der Waals surface area contributed by atoms with E-state index < -0.39 is 6.03 Å². The molecule has 0 radical (unpaired) electrons. The molecule has 3 aromatic rings. The minimum atomic E-state index is -0.457. The lowest BCUT2D eigenvalue weighted by atomic mass is 10.2. The summed E-state index contributed by atoms with van der Waals surface area (Å²) in [4.78, 5) is 28.3. The van der Waals surface area contributed by atoms with E-state index in [4.69, 9.17) is 23.2 Å². The number of rotatable bonds is 5. The van der Waals surface area contributed by atoms with E-state index in [1.54, 1.807) is 36.0 Å². The van der Waals surface area contributed by atoms with E-state index in [-0.39, 0.29) is 18.1 Å². The van der Waals surface area contributed by atoms with E-state index in [2.05, 4.69) is 5.32 Å². The molecule has 1 aliphatic rings. The van der Waals surface area contributed by atoms with Gasteiger partial charge in [0.15, 0.2) is 0 Å². The molecule has 1 heterocycles. The molecule has 3 aromatic carbocycles. The number of hydrogen-bond acceptors (Lipinski definition) is 3. The summed E-state index contributed by atoms with van der Waals surface area (Å²) in [7, 11) is 0. The average molecular weight is 455 g/mol. The number of carbonyl (C=O) groups excluding carboxylic acids is 2. The zero-order valence-corrected chi connectivity index (χ0v) is 18.0. The van der Waals surface area contributed by atoms with Crippen LogP contribution in [-0.4, -0.2) is 16.8 Å². The SMILES string of the molecule is O=C1N/C(=C\c2ccc(Sc3ccc(Cl)cc3)cc2)C(=O)N1Cc1ccccc1Cl. The molecule has 3 amide bonds. The number of benzene rings is 3. The molecule has 0 aromatic heterocycles. The van der Waals surface area contributed by atoms with Crippen LogP contribution < -0.4 is 5.32 Å². The monoisotopic (exact) mass is 454 g/mol. The van der Waals surface area contributed by atoms with Crippen molar-refractivity contribution >= 4 is 53.0 Å². The lowest BCUT2D eigenvalue weighted by Gasteiger charge is -2.12. The Labute approximate surface area is 188 Å². The summed E-state index contributed by atoms with van der Waals surface area (Å²) in [5, 5.41) is 3.86. The van der Waals surface area contributed by atoms with Crippen molar-refractivity contribution in [3.63, 3.8) is 0 Å². The topological polar surface area (TPSA) is 49.4 Å². The van der Waals surface area contributed by atoms with Crippen molar-refractivity contribution in [1.82, 2.24) is 10.2 Å². The van der Waals surface area contributed by atoms with Crippen LogP contribution in [-0.2, 0) is 11.3 Å². The van der Waals surface area contributed by atoms with Gasteiger partial charge < -0.3 is 5.32 Å². The molecule has 0 atom stereocenters. The second-order valence-electron chi connectivity index (χ2n) is 6.60. The number of urea groups is 1. The Morgan fingerprint density at radius 1 is 0.867 bits per heavy atom. The Bertz CT molecular complexity index is 1130. The van der Waals surface area contributed by atoms with E-state index in [0.717, 1.165) is 20.3 Å². The standard InChI is InChI=1S/C23H16Cl2N2O2S/c24-17-7-11-19(12-8-17)30-18-9-5-15(6-10-18)13-21-22(28)27(23(29)26-21)14-16-3-1-2-4-20(16)25/h1-13H,14H2,(H,26,29)/b21-13-. The van der Waals surface area contributed by atoms with Gasteiger partial charge in [-0.25, -0.2) is 4.79 Å². The molecule has 7 heteroatoms. The third-order valence-electron chi connectivity index (χ3n) is 4.49. The first-order chi connectivity index (χ1) is 14.5. The maximum atomic E-state index is 12.7. The summed E-state index contributed by atoms with van der Waals surface area (Å²) in [6.45, 7) is 0.123. The van der Waals surface area contributed by atoms with Gasteiger partial charge in [0.2, 0.25) is 0 Å². The van der Waals surface area contributed by atoms with Crippen LogP contribution in [0.2, 0.25) is 10.0 Å². The minimum Gasteiger partial charge on any atom is -0.303 e. The van der Waals surface area contributed by atoms with Gasteiger partial charge in [0.1, 0.15) is 5.70 Å². The Balaban J connectivity index is 1.46. The van der Waals surface area contributed by atoms with Gasteiger partial charge in [0, 0.05) is 19.8 Å². The molecule has 30 heavy (non-hydrogen) atoms. The van der Waals surface area contributed by atoms with Crippen LogP contribution in [0.4, 0.5) is 4.79 Å². The highest BCUT2D eigenvalue weighted by Crippen LogP contribution is 2.29. The predicted octanol–water partition coefficient (Wildman–Crippen LogP) is 6.24. The maximum Gasteiger partial charge on any atom is 0.329 e. The Morgan fingerprint density at radius 2 is 1.50 bits per heavy atom. The molecule has 0 bridgehead atoms. The van der Waals surface area contributed by atoms with Crippen LogP contribution in [0.3, 0.4) is 0 Å². The molecule has 1 N–H and O–H groups in total. The predicted molar refractivity (Wildman–Crippen MR) is 121 cm³/mol. The smallest absolute Gasteiger partial charge is 0.303 e. The third-order valence-corrected chi connectivity index (χ3v) is 6.13. The summed E-state index contributed by atoms with van der Waals surface area (Å²) >= 11 is 13.7.